The van der Waals surface area contributed by atoms with Gasteiger partial charge in [-0.15, -0.1) is 0 Å². The summed E-state index contributed by atoms with van der Waals surface area (Å²) in [7, 11) is 3.73. The van der Waals surface area contributed by atoms with E-state index in [0.29, 0.717) is 114 Å². The lowest BCUT2D eigenvalue weighted by molar-refractivity contribution is -0.133. The zero-order valence-electron chi connectivity index (χ0n) is 44.3. The second-order valence-electron chi connectivity index (χ2n) is 20.8. The molecule has 400 valence electrons. The summed E-state index contributed by atoms with van der Waals surface area (Å²) in [5.74, 6) is 0.546. The molecule has 2 aromatic rings. The van der Waals surface area contributed by atoms with Crippen molar-refractivity contribution in [1.82, 2.24) is 46.7 Å². The van der Waals surface area contributed by atoms with E-state index in [1.807, 2.05) is 83.3 Å². The quantitative estimate of drug-likeness (QED) is 0.0568. The average molecular weight is 1040 g/mol. The van der Waals surface area contributed by atoms with E-state index in [4.69, 9.17) is 4.98 Å². The summed E-state index contributed by atoms with van der Waals surface area (Å²) in [6, 6.07) is 12.2. The summed E-state index contributed by atoms with van der Waals surface area (Å²) in [5, 5.41) is 18.3. The first kappa shape index (κ1) is 60.2. The molecule has 3 heterocycles. The van der Waals surface area contributed by atoms with Gasteiger partial charge in [-0.1, -0.05) is 84.4 Å². The lowest BCUT2D eigenvalue weighted by Gasteiger charge is -2.38. The van der Waals surface area contributed by atoms with Crippen molar-refractivity contribution in [3.05, 3.63) is 65.5 Å². The summed E-state index contributed by atoms with van der Waals surface area (Å²) in [6.07, 6.45) is 6.62. The van der Waals surface area contributed by atoms with E-state index in [1.54, 1.807) is 7.05 Å². The molecule has 18 heteroatoms. The number of hydrogen-bond acceptors (Lipinski definition) is 13. The highest BCUT2D eigenvalue weighted by atomic mass is 32.2. The molecular weight excluding hydrogens is 951 g/mol. The van der Waals surface area contributed by atoms with Crippen molar-refractivity contribution in [1.29, 1.82) is 0 Å². The summed E-state index contributed by atoms with van der Waals surface area (Å²) in [5.41, 5.74) is 1.57. The molecule has 6 N–H and O–H groups in total. The molecule has 5 atom stereocenters. The van der Waals surface area contributed by atoms with Gasteiger partial charge in [0.05, 0.1) is 29.5 Å². The van der Waals surface area contributed by atoms with Crippen LogP contribution in [0.4, 0.5) is 0 Å². The average Bonchev–Trinajstić information content (AvgIpc) is 3.35. The van der Waals surface area contributed by atoms with E-state index in [-0.39, 0.29) is 52.9 Å². The third kappa shape index (κ3) is 21.2. The third-order valence-electron chi connectivity index (χ3n) is 13.7. The summed E-state index contributed by atoms with van der Waals surface area (Å²) >= 11 is 2.93. The number of ketones is 1. The highest BCUT2D eigenvalue weighted by Gasteiger charge is 2.37. The van der Waals surface area contributed by atoms with Crippen LogP contribution < -0.4 is 31.9 Å². The van der Waals surface area contributed by atoms with Gasteiger partial charge < -0.3 is 41.6 Å². The zero-order chi connectivity index (χ0) is 52.6. The Labute approximate surface area is 438 Å². The Morgan fingerprint density at radius 1 is 0.736 bits per heavy atom. The van der Waals surface area contributed by atoms with Gasteiger partial charge in [0.2, 0.25) is 29.5 Å². The monoisotopic (exact) mass is 1040 g/mol. The molecule has 5 amide bonds. The Kier molecular flexibility index (Phi) is 26.2. The van der Waals surface area contributed by atoms with Gasteiger partial charge in [-0.05, 0) is 94.5 Å². The van der Waals surface area contributed by atoms with Crippen molar-refractivity contribution >= 4 is 65.1 Å². The normalized spacial score (nSPS) is 17.5. The van der Waals surface area contributed by atoms with Gasteiger partial charge in [-0.25, -0.2) is 0 Å². The van der Waals surface area contributed by atoms with Crippen LogP contribution in [0.2, 0.25) is 0 Å². The fourth-order valence-corrected chi connectivity index (χ4v) is 10.6. The Balaban J connectivity index is 1.42. The van der Waals surface area contributed by atoms with Gasteiger partial charge in [-0.3, -0.25) is 38.7 Å². The summed E-state index contributed by atoms with van der Waals surface area (Å²) < 4.78 is 0. The van der Waals surface area contributed by atoms with E-state index in [1.165, 1.54) is 23.5 Å². The van der Waals surface area contributed by atoms with Gasteiger partial charge in [-0.2, -0.15) is 23.5 Å². The van der Waals surface area contributed by atoms with Crippen LogP contribution in [0.3, 0.4) is 0 Å². The lowest BCUT2D eigenvalue weighted by atomic mass is 9.89. The van der Waals surface area contributed by atoms with Crippen LogP contribution in [0.5, 0.6) is 0 Å². The standard InChI is InChI=1S/C54H85N9O7S2/c1-9-39(6)49(60-50(67)45(55-7)20-18-37(2)3)53(70)59-46(51(68)57-41-22-26-63(27-23-41)31-44(65)30-40-14-11-10-12-15-40)34-71-32-42-16-13-17-43(56-42)33-72-35-47(58-48(66)21-19-38(4)5)52(69)61-54(36-64)24-28-62(8)29-25-54/h10-17,36-39,41,45-47,49,55H,9,18-35H2,1-8H3,(H,57,68)(H,58,66)(H,59,70)(H,60,67)(H,61,69)/t39-,45-,46+,47+,49-/m0/s1. The zero-order valence-corrected chi connectivity index (χ0v) is 45.9. The van der Waals surface area contributed by atoms with Crippen molar-refractivity contribution < 1.29 is 33.6 Å². The molecule has 16 nitrogen and oxygen atoms in total. The molecule has 2 fully saturated rings. The number of nitrogens with one attached hydrogen (secondary N) is 6. The predicted octanol–water partition coefficient (Wildman–Crippen LogP) is 4.68. The number of aromatic nitrogens is 1. The molecule has 4 rings (SSSR count). The SMILES string of the molecule is CC[C@H](C)[C@H](NC(=O)[C@H](CCC(C)C)NC)C(=O)N[C@H](CSCc1cccc(CSC[C@@H](NC(=O)CCC(C)C)C(=O)NC2(C=O)CCN(C)CC2)n1)C(=O)NC1CCN(CC(=O)Cc2ccccc2)CC1. The lowest BCUT2D eigenvalue weighted by Crippen LogP contribution is -2.60. The maximum Gasteiger partial charge on any atom is 0.244 e. The number of carbonyl (C=O) groups is 7. The Hall–Kier alpha value is -4.36. The van der Waals surface area contributed by atoms with Gasteiger partial charge in [0.25, 0.3) is 0 Å². The first-order valence-corrected chi connectivity index (χ1v) is 28.5. The Morgan fingerprint density at radius 3 is 1.92 bits per heavy atom. The number of rotatable bonds is 31. The van der Waals surface area contributed by atoms with Crippen LogP contribution in [-0.4, -0.2) is 150 Å². The Bertz CT molecular complexity index is 2030. The van der Waals surface area contributed by atoms with Gasteiger partial charge in [0, 0.05) is 68.1 Å². The van der Waals surface area contributed by atoms with Crippen molar-refractivity contribution in [3.63, 3.8) is 0 Å². The number of amides is 5. The highest BCUT2D eigenvalue weighted by Crippen LogP contribution is 2.22. The highest BCUT2D eigenvalue weighted by molar-refractivity contribution is 7.98. The molecule has 1 aromatic carbocycles. The maximum absolute atomic E-state index is 14.2. The Morgan fingerprint density at radius 2 is 1.35 bits per heavy atom. The van der Waals surface area contributed by atoms with Crippen LogP contribution in [0.25, 0.3) is 0 Å². The predicted molar refractivity (Wildman–Crippen MR) is 289 cm³/mol. The molecule has 72 heavy (non-hydrogen) atoms. The van der Waals surface area contributed by atoms with Crippen molar-refractivity contribution in [2.75, 3.05) is 58.3 Å². The molecule has 2 saturated heterocycles. The fourth-order valence-electron chi connectivity index (χ4n) is 8.72. The topological polar surface area (TPSA) is 211 Å². The van der Waals surface area contributed by atoms with Crippen molar-refractivity contribution in [2.45, 2.75) is 153 Å². The van der Waals surface area contributed by atoms with Gasteiger partial charge in [0.15, 0.2) is 5.78 Å². The van der Waals surface area contributed by atoms with Crippen molar-refractivity contribution in [2.24, 2.45) is 17.8 Å². The minimum atomic E-state index is -0.969. The first-order chi connectivity index (χ1) is 34.4. The number of pyridine rings is 1. The second-order valence-corrected chi connectivity index (χ2v) is 22.8. The molecule has 2 aliphatic rings. The minimum Gasteiger partial charge on any atom is -0.351 e. The minimum absolute atomic E-state index is 0.139. The second kappa shape index (κ2) is 31.4. The van der Waals surface area contributed by atoms with Crippen LogP contribution in [0.15, 0.2) is 48.5 Å². The molecule has 0 saturated carbocycles. The number of thioether (sulfide) groups is 2. The molecular formula is C54H85N9O7S2. The number of nitrogens with zero attached hydrogens (tertiary/aromatic N) is 3. The largest absolute Gasteiger partial charge is 0.351 e. The fraction of sp³-hybridized carbons (Fsp3) is 0.667. The summed E-state index contributed by atoms with van der Waals surface area (Å²) in [4.78, 5) is 103. The molecule has 0 radical (unpaired) electrons. The molecule has 0 unspecified atom stereocenters. The van der Waals surface area contributed by atoms with Crippen molar-refractivity contribution in [3.8, 4) is 0 Å². The van der Waals surface area contributed by atoms with Gasteiger partial charge >= 0.3 is 0 Å². The van der Waals surface area contributed by atoms with Crippen LogP contribution in [0.1, 0.15) is 116 Å². The summed E-state index contributed by atoms with van der Waals surface area (Å²) in [6.45, 7) is 15.2. The maximum atomic E-state index is 14.2. The number of benzene rings is 1. The molecule has 2 aliphatic heterocycles. The van der Waals surface area contributed by atoms with Crippen LogP contribution in [0, 0.1) is 17.8 Å². The van der Waals surface area contributed by atoms with E-state index in [0.717, 1.165) is 29.7 Å². The first-order valence-electron chi connectivity index (χ1n) is 26.2. The van der Waals surface area contributed by atoms with E-state index in [2.05, 4.69) is 55.5 Å². The number of likely N-dealkylation sites (tertiary alicyclic amines) is 2. The van der Waals surface area contributed by atoms with Crippen LogP contribution in [-0.2, 0) is 51.5 Å². The molecule has 1 aromatic heterocycles. The third-order valence-corrected chi connectivity index (χ3v) is 15.9. The molecule has 0 bridgehead atoms. The van der Waals surface area contributed by atoms with E-state index in [9.17, 15) is 33.6 Å². The van der Waals surface area contributed by atoms with Gasteiger partial charge in [0.1, 0.15) is 24.4 Å². The number of Topliss-reactive ketones (excluding diaryl/α,β-unsaturated/α-hetero) is 1. The molecule has 0 aliphatic carbocycles. The number of carbonyl (C=O) groups excluding carboxylic acids is 7. The number of piperidine rings is 2. The smallest absolute Gasteiger partial charge is 0.244 e. The molecule has 0 spiro atoms. The van der Waals surface area contributed by atoms with Crippen LogP contribution >= 0.6 is 23.5 Å². The van der Waals surface area contributed by atoms with E-state index < -0.39 is 35.6 Å². The number of likely N-dealkylation sites (N-methyl/N-ethyl adjacent to an activating group) is 1. The number of hydrogen-bond donors (Lipinski definition) is 6. The number of aldehydes is 1. The van der Waals surface area contributed by atoms with E-state index >= 15 is 0 Å².